The molecule has 1 aliphatic heterocycles. The highest BCUT2D eigenvalue weighted by Crippen LogP contribution is 2.33. The van der Waals surface area contributed by atoms with Crippen LogP contribution in [-0.4, -0.2) is 40.5 Å². The number of nitrogens with one attached hydrogen (secondary N) is 1. The van der Waals surface area contributed by atoms with E-state index in [9.17, 15) is 31.1 Å². The molecule has 0 bridgehead atoms. The SMILES string of the molecule is O=C(NCC1CCN(c2ccc(F)c(F)c2)C1)c1nnn(-c2ccc(F)cc2)c1C(F)(F)F. The summed E-state index contributed by atoms with van der Waals surface area (Å²) in [5, 5.41) is 9.29. The Morgan fingerprint density at radius 1 is 1.03 bits per heavy atom. The normalized spacial score (nSPS) is 16.3. The number of alkyl halides is 3. The molecule has 3 aromatic rings. The highest BCUT2D eigenvalue weighted by molar-refractivity contribution is 5.93. The Morgan fingerprint density at radius 2 is 1.73 bits per heavy atom. The fourth-order valence-electron chi connectivity index (χ4n) is 3.69. The first-order valence-electron chi connectivity index (χ1n) is 9.90. The lowest BCUT2D eigenvalue weighted by Gasteiger charge is -2.19. The largest absolute Gasteiger partial charge is 0.435 e. The highest BCUT2D eigenvalue weighted by atomic mass is 19.4. The van der Waals surface area contributed by atoms with Crippen molar-refractivity contribution in [2.24, 2.45) is 5.92 Å². The lowest BCUT2D eigenvalue weighted by Crippen LogP contribution is -2.32. The molecule has 1 fully saturated rings. The van der Waals surface area contributed by atoms with Gasteiger partial charge in [0.1, 0.15) is 5.82 Å². The molecule has 1 aliphatic rings. The smallest absolute Gasteiger partial charge is 0.371 e. The molecule has 0 spiro atoms. The Bertz CT molecular complexity index is 1160. The number of carbonyl (C=O) groups excluding carboxylic acids is 1. The van der Waals surface area contributed by atoms with Crippen LogP contribution in [0.4, 0.5) is 32.0 Å². The van der Waals surface area contributed by atoms with Gasteiger partial charge in [-0.3, -0.25) is 4.79 Å². The fourth-order valence-corrected chi connectivity index (χ4v) is 3.69. The summed E-state index contributed by atoms with van der Waals surface area (Å²) in [6, 6.07) is 7.63. The van der Waals surface area contributed by atoms with Crippen LogP contribution in [0.1, 0.15) is 22.6 Å². The summed E-state index contributed by atoms with van der Waals surface area (Å²) in [6.07, 6.45) is -4.35. The Balaban J connectivity index is 1.45. The summed E-state index contributed by atoms with van der Waals surface area (Å²) in [5.74, 6) is -3.76. The van der Waals surface area contributed by atoms with Crippen LogP contribution in [0.5, 0.6) is 0 Å². The van der Waals surface area contributed by atoms with Gasteiger partial charge in [0.2, 0.25) is 0 Å². The van der Waals surface area contributed by atoms with Crippen molar-refractivity contribution >= 4 is 11.6 Å². The van der Waals surface area contributed by atoms with Crippen molar-refractivity contribution in [3.05, 3.63) is 71.3 Å². The third-order valence-corrected chi connectivity index (χ3v) is 5.33. The lowest BCUT2D eigenvalue weighted by molar-refractivity contribution is -0.143. The Morgan fingerprint density at radius 3 is 2.39 bits per heavy atom. The number of rotatable bonds is 5. The van der Waals surface area contributed by atoms with Gasteiger partial charge in [-0.2, -0.15) is 13.2 Å². The van der Waals surface area contributed by atoms with Crippen molar-refractivity contribution < 1.29 is 31.1 Å². The predicted molar refractivity (Wildman–Crippen MR) is 105 cm³/mol. The number of aromatic nitrogens is 3. The molecule has 0 aliphatic carbocycles. The first kappa shape index (κ1) is 22.6. The van der Waals surface area contributed by atoms with Crippen LogP contribution in [0.25, 0.3) is 5.69 Å². The van der Waals surface area contributed by atoms with E-state index in [0.29, 0.717) is 29.9 Å². The second-order valence-electron chi connectivity index (χ2n) is 7.58. The maximum Gasteiger partial charge on any atom is 0.435 e. The van der Waals surface area contributed by atoms with Crippen molar-refractivity contribution in [2.75, 3.05) is 24.5 Å². The molecule has 1 aromatic heterocycles. The molecule has 33 heavy (non-hydrogen) atoms. The van der Waals surface area contributed by atoms with Crippen molar-refractivity contribution in [1.82, 2.24) is 20.3 Å². The molecule has 12 heteroatoms. The van der Waals surface area contributed by atoms with Gasteiger partial charge < -0.3 is 10.2 Å². The van der Waals surface area contributed by atoms with E-state index >= 15 is 0 Å². The summed E-state index contributed by atoms with van der Waals surface area (Å²) in [5.41, 5.74) is -1.90. The van der Waals surface area contributed by atoms with Crippen LogP contribution in [0, 0.1) is 23.4 Å². The quantitative estimate of drug-likeness (QED) is 0.575. The standard InChI is InChI=1S/C21H17F6N5O/c22-13-1-3-14(4-2-13)32-19(21(25,26)27)18(29-30-32)20(33)28-10-12-7-8-31(11-12)15-5-6-16(23)17(24)9-15/h1-6,9,12H,7-8,10-11H2,(H,28,33). The minimum absolute atomic E-state index is 0.0553. The molecular formula is C21H17F6N5O. The minimum Gasteiger partial charge on any atom is -0.371 e. The Labute approximate surface area is 183 Å². The number of benzene rings is 2. The first-order valence-corrected chi connectivity index (χ1v) is 9.90. The second-order valence-corrected chi connectivity index (χ2v) is 7.58. The van der Waals surface area contributed by atoms with E-state index in [-0.39, 0.29) is 18.2 Å². The average molecular weight is 469 g/mol. The van der Waals surface area contributed by atoms with E-state index in [4.69, 9.17) is 0 Å². The molecule has 0 radical (unpaired) electrons. The summed E-state index contributed by atoms with van der Waals surface area (Å²) in [7, 11) is 0. The zero-order chi connectivity index (χ0) is 23.8. The van der Waals surface area contributed by atoms with Crippen LogP contribution >= 0.6 is 0 Å². The molecule has 1 unspecified atom stereocenters. The van der Waals surface area contributed by atoms with Crippen LogP contribution in [0.3, 0.4) is 0 Å². The number of hydrogen-bond acceptors (Lipinski definition) is 4. The van der Waals surface area contributed by atoms with Crippen molar-refractivity contribution in [3.63, 3.8) is 0 Å². The van der Waals surface area contributed by atoms with Gasteiger partial charge in [-0.1, -0.05) is 5.21 Å². The van der Waals surface area contributed by atoms with Crippen molar-refractivity contribution in [3.8, 4) is 5.69 Å². The van der Waals surface area contributed by atoms with E-state index in [1.807, 2.05) is 0 Å². The molecule has 1 atom stereocenters. The monoisotopic (exact) mass is 469 g/mol. The minimum atomic E-state index is -4.94. The number of nitrogens with zero attached hydrogens (tertiary/aromatic N) is 4. The van der Waals surface area contributed by atoms with Gasteiger partial charge in [0.05, 0.1) is 5.69 Å². The zero-order valence-electron chi connectivity index (χ0n) is 16.9. The molecule has 4 rings (SSSR count). The van der Waals surface area contributed by atoms with Gasteiger partial charge in [0, 0.05) is 31.4 Å². The first-order chi connectivity index (χ1) is 15.6. The van der Waals surface area contributed by atoms with Crippen LogP contribution in [0.15, 0.2) is 42.5 Å². The Kier molecular flexibility index (Phi) is 6.00. The molecular weight excluding hydrogens is 452 g/mol. The lowest BCUT2D eigenvalue weighted by atomic mass is 10.1. The van der Waals surface area contributed by atoms with E-state index in [0.717, 1.165) is 36.4 Å². The predicted octanol–water partition coefficient (Wildman–Crippen LogP) is 3.96. The Hall–Kier alpha value is -3.57. The number of carbonyl (C=O) groups is 1. The van der Waals surface area contributed by atoms with Gasteiger partial charge in [-0.05, 0) is 48.7 Å². The molecule has 1 amide bonds. The molecule has 174 valence electrons. The summed E-state index contributed by atoms with van der Waals surface area (Å²) in [6.45, 7) is 0.972. The number of halogens is 6. The van der Waals surface area contributed by atoms with Crippen LogP contribution < -0.4 is 10.2 Å². The maximum atomic E-state index is 13.7. The van der Waals surface area contributed by atoms with E-state index in [2.05, 4.69) is 15.6 Å². The third kappa shape index (κ3) is 4.78. The molecule has 6 nitrogen and oxygen atoms in total. The van der Waals surface area contributed by atoms with Gasteiger partial charge in [-0.15, -0.1) is 5.10 Å². The average Bonchev–Trinajstić information content (AvgIpc) is 3.42. The van der Waals surface area contributed by atoms with Crippen molar-refractivity contribution in [1.29, 1.82) is 0 Å². The maximum absolute atomic E-state index is 13.7. The highest BCUT2D eigenvalue weighted by Gasteiger charge is 2.42. The molecule has 2 heterocycles. The molecule has 1 N–H and O–H groups in total. The van der Waals surface area contributed by atoms with E-state index in [1.165, 1.54) is 6.07 Å². The van der Waals surface area contributed by atoms with Gasteiger partial charge >= 0.3 is 6.18 Å². The molecule has 0 saturated carbocycles. The molecule has 1 saturated heterocycles. The van der Waals surface area contributed by atoms with Gasteiger partial charge in [-0.25, -0.2) is 17.9 Å². The third-order valence-electron chi connectivity index (χ3n) is 5.33. The van der Waals surface area contributed by atoms with Gasteiger partial charge in [0.15, 0.2) is 23.0 Å². The topological polar surface area (TPSA) is 63.1 Å². The van der Waals surface area contributed by atoms with Crippen LogP contribution in [0.2, 0.25) is 0 Å². The second kappa shape index (κ2) is 8.75. The van der Waals surface area contributed by atoms with Crippen LogP contribution in [-0.2, 0) is 6.18 Å². The molecule has 2 aromatic carbocycles. The summed E-state index contributed by atoms with van der Waals surface area (Å²) >= 11 is 0. The van der Waals surface area contributed by atoms with E-state index in [1.54, 1.807) is 4.90 Å². The number of amides is 1. The number of hydrogen-bond donors (Lipinski definition) is 1. The zero-order valence-corrected chi connectivity index (χ0v) is 16.9. The van der Waals surface area contributed by atoms with Crippen molar-refractivity contribution in [2.45, 2.75) is 12.6 Å². The van der Waals surface area contributed by atoms with E-state index < -0.39 is 40.9 Å². The summed E-state index contributed by atoms with van der Waals surface area (Å²) < 4.78 is 81.2. The summed E-state index contributed by atoms with van der Waals surface area (Å²) in [4.78, 5) is 14.3. The van der Waals surface area contributed by atoms with Gasteiger partial charge in [0.25, 0.3) is 5.91 Å². The number of anilines is 1. The fraction of sp³-hybridized carbons (Fsp3) is 0.286.